The highest BCUT2D eigenvalue weighted by atomic mass is 15.3. The number of hydrogen-bond donors (Lipinski definition) is 1. The van der Waals surface area contributed by atoms with Crippen molar-refractivity contribution in [3.05, 3.63) is 35.3 Å². The molecule has 0 saturated carbocycles. The highest BCUT2D eigenvalue weighted by Gasteiger charge is 2.08. The Labute approximate surface area is 107 Å². The van der Waals surface area contributed by atoms with Crippen LogP contribution in [-0.2, 0) is 19.4 Å². The Bertz CT molecular complexity index is 501. The van der Waals surface area contributed by atoms with Gasteiger partial charge in [-0.2, -0.15) is 10.2 Å². The van der Waals surface area contributed by atoms with Gasteiger partial charge in [0.05, 0.1) is 11.4 Å². The lowest BCUT2D eigenvalue weighted by molar-refractivity contribution is 0.724. The van der Waals surface area contributed by atoms with Gasteiger partial charge in [0.1, 0.15) is 0 Å². The van der Waals surface area contributed by atoms with E-state index >= 15 is 0 Å². The molecule has 5 heteroatoms. The molecule has 96 valence electrons. The van der Waals surface area contributed by atoms with Crippen molar-refractivity contribution in [3.8, 4) is 5.82 Å². The fraction of sp³-hybridized carbons (Fsp3) is 0.462. The lowest BCUT2D eigenvalue weighted by Gasteiger charge is -2.04. The molecule has 0 amide bonds. The number of aryl methyl sites for hydroxylation is 2. The van der Waals surface area contributed by atoms with Crippen LogP contribution in [-0.4, -0.2) is 27.0 Å². The van der Waals surface area contributed by atoms with E-state index in [2.05, 4.69) is 40.5 Å². The first-order chi connectivity index (χ1) is 8.78. The van der Waals surface area contributed by atoms with Crippen LogP contribution >= 0.6 is 0 Å². The zero-order chi connectivity index (χ0) is 13.0. The van der Waals surface area contributed by atoms with Gasteiger partial charge in [0.15, 0.2) is 5.82 Å². The van der Waals surface area contributed by atoms with Crippen LogP contribution in [0.1, 0.15) is 30.9 Å². The van der Waals surface area contributed by atoms with E-state index in [1.165, 1.54) is 5.69 Å². The monoisotopic (exact) mass is 245 g/mol. The van der Waals surface area contributed by atoms with Crippen molar-refractivity contribution in [1.29, 1.82) is 0 Å². The number of aromatic nitrogens is 4. The van der Waals surface area contributed by atoms with Gasteiger partial charge in [0, 0.05) is 12.2 Å². The molecule has 2 aromatic rings. The zero-order valence-corrected chi connectivity index (χ0v) is 11.1. The number of rotatable bonds is 5. The van der Waals surface area contributed by atoms with E-state index in [0.717, 1.165) is 36.6 Å². The van der Waals surface area contributed by atoms with E-state index < -0.39 is 0 Å². The zero-order valence-electron chi connectivity index (χ0n) is 11.1. The van der Waals surface area contributed by atoms with E-state index in [4.69, 9.17) is 0 Å². The summed E-state index contributed by atoms with van der Waals surface area (Å²) < 4.78 is 1.88. The van der Waals surface area contributed by atoms with Gasteiger partial charge in [-0.25, -0.2) is 4.68 Å². The molecule has 0 unspecified atom stereocenters. The largest absolute Gasteiger partial charge is 0.314 e. The first-order valence-electron chi connectivity index (χ1n) is 6.33. The summed E-state index contributed by atoms with van der Waals surface area (Å²) in [5, 5.41) is 16.0. The molecule has 0 aliphatic heterocycles. The van der Waals surface area contributed by atoms with Crippen LogP contribution in [0.15, 0.2) is 18.2 Å². The van der Waals surface area contributed by atoms with Gasteiger partial charge in [0.25, 0.3) is 0 Å². The Balaban J connectivity index is 2.32. The van der Waals surface area contributed by atoms with Gasteiger partial charge in [-0.3, -0.25) is 0 Å². The van der Waals surface area contributed by atoms with Crippen LogP contribution in [0.3, 0.4) is 0 Å². The summed E-state index contributed by atoms with van der Waals surface area (Å²) in [6, 6.07) is 6.07. The van der Waals surface area contributed by atoms with Gasteiger partial charge in [-0.1, -0.05) is 13.8 Å². The van der Waals surface area contributed by atoms with Crippen molar-refractivity contribution in [2.24, 2.45) is 0 Å². The van der Waals surface area contributed by atoms with Crippen molar-refractivity contribution < 1.29 is 0 Å². The predicted octanol–water partition coefficient (Wildman–Crippen LogP) is 1.51. The van der Waals surface area contributed by atoms with Crippen molar-refractivity contribution in [2.45, 2.75) is 33.2 Å². The maximum absolute atomic E-state index is 4.54. The van der Waals surface area contributed by atoms with E-state index in [-0.39, 0.29) is 0 Å². The predicted molar refractivity (Wildman–Crippen MR) is 70.7 cm³/mol. The highest BCUT2D eigenvalue weighted by molar-refractivity contribution is 5.26. The van der Waals surface area contributed by atoms with E-state index in [1.54, 1.807) is 0 Å². The molecule has 0 aliphatic rings. The fourth-order valence-corrected chi connectivity index (χ4v) is 1.84. The summed E-state index contributed by atoms with van der Waals surface area (Å²) in [6.45, 7) is 4.96. The second-order valence-electron chi connectivity index (χ2n) is 4.16. The topological polar surface area (TPSA) is 55.6 Å². The van der Waals surface area contributed by atoms with Gasteiger partial charge >= 0.3 is 0 Å². The molecule has 0 bridgehead atoms. The minimum atomic E-state index is 0.729. The maximum Gasteiger partial charge on any atom is 0.175 e. The third-order valence-electron chi connectivity index (χ3n) is 2.84. The van der Waals surface area contributed by atoms with Gasteiger partial charge < -0.3 is 5.32 Å². The Morgan fingerprint density at radius 2 is 1.94 bits per heavy atom. The minimum absolute atomic E-state index is 0.729. The lowest BCUT2D eigenvalue weighted by Crippen LogP contribution is -2.10. The average molecular weight is 245 g/mol. The molecule has 0 spiro atoms. The molecule has 18 heavy (non-hydrogen) atoms. The van der Waals surface area contributed by atoms with E-state index in [0.29, 0.717) is 0 Å². The molecule has 0 atom stereocenters. The minimum Gasteiger partial charge on any atom is -0.314 e. The first-order valence-corrected chi connectivity index (χ1v) is 6.33. The third kappa shape index (κ3) is 2.56. The maximum atomic E-state index is 4.54. The van der Waals surface area contributed by atoms with Crippen molar-refractivity contribution in [2.75, 3.05) is 7.05 Å². The molecule has 2 heterocycles. The molecule has 1 N–H and O–H groups in total. The molecule has 5 nitrogen and oxygen atoms in total. The molecule has 0 radical (unpaired) electrons. The summed E-state index contributed by atoms with van der Waals surface area (Å²) in [7, 11) is 1.89. The van der Waals surface area contributed by atoms with Crippen LogP contribution in [0.25, 0.3) is 5.82 Å². The van der Waals surface area contributed by atoms with Crippen LogP contribution in [0, 0.1) is 0 Å². The fourth-order valence-electron chi connectivity index (χ4n) is 1.84. The third-order valence-corrected chi connectivity index (χ3v) is 2.84. The highest BCUT2D eigenvalue weighted by Crippen LogP contribution is 2.11. The Morgan fingerprint density at radius 1 is 1.11 bits per heavy atom. The average Bonchev–Trinajstić information content (AvgIpc) is 2.83. The van der Waals surface area contributed by atoms with E-state index in [1.807, 2.05) is 23.9 Å². The Morgan fingerprint density at radius 3 is 2.50 bits per heavy atom. The van der Waals surface area contributed by atoms with Crippen LogP contribution in [0.4, 0.5) is 0 Å². The Kier molecular flexibility index (Phi) is 4.04. The summed E-state index contributed by atoms with van der Waals surface area (Å²) in [6.07, 6.45) is 1.87. The molecular formula is C13H19N5. The quantitative estimate of drug-likeness (QED) is 0.867. The number of hydrogen-bond acceptors (Lipinski definition) is 4. The molecule has 2 rings (SSSR count). The lowest BCUT2D eigenvalue weighted by atomic mass is 10.2. The first kappa shape index (κ1) is 12.7. The Hall–Kier alpha value is -1.75. The second kappa shape index (κ2) is 5.73. The number of nitrogens with zero attached hydrogens (tertiary/aromatic N) is 4. The standard InChI is InChI=1S/C13H19N5/c1-4-10-8-12(5-2)18(17-10)13-7-6-11(9-14-3)15-16-13/h6-8,14H,4-5,9H2,1-3H3. The molecule has 0 aliphatic carbocycles. The molecule has 2 aromatic heterocycles. The van der Waals surface area contributed by atoms with Crippen LogP contribution in [0.5, 0.6) is 0 Å². The smallest absolute Gasteiger partial charge is 0.175 e. The van der Waals surface area contributed by atoms with Crippen molar-refractivity contribution in [3.63, 3.8) is 0 Å². The summed E-state index contributed by atoms with van der Waals surface area (Å²) in [5.74, 6) is 0.784. The summed E-state index contributed by atoms with van der Waals surface area (Å²) in [5.41, 5.74) is 3.19. The normalized spacial score (nSPS) is 10.8. The second-order valence-corrected chi connectivity index (χ2v) is 4.16. The van der Waals surface area contributed by atoms with Gasteiger partial charge in [-0.05, 0) is 38.1 Å². The number of nitrogens with one attached hydrogen (secondary N) is 1. The van der Waals surface area contributed by atoms with Gasteiger partial charge in [0.2, 0.25) is 0 Å². The van der Waals surface area contributed by atoms with E-state index in [9.17, 15) is 0 Å². The molecule has 0 fully saturated rings. The van der Waals surface area contributed by atoms with Crippen LogP contribution < -0.4 is 5.32 Å². The molecular weight excluding hydrogens is 226 g/mol. The SMILES string of the molecule is CCc1cc(CC)n(-c2ccc(CNC)nn2)n1. The molecule has 0 saturated heterocycles. The summed E-state index contributed by atoms with van der Waals surface area (Å²) >= 11 is 0. The van der Waals surface area contributed by atoms with Crippen molar-refractivity contribution in [1.82, 2.24) is 25.3 Å². The van der Waals surface area contributed by atoms with Crippen LogP contribution in [0.2, 0.25) is 0 Å². The van der Waals surface area contributed by atoms with Gasteiger partial charge in [-0.15, -0.1) is 5.10 Å². The molecule has 0 aromatic carbocycles. The summed E-state index contributed by atoms with van der Waals surface area (Å²) in [4.78, 5) is 0. The van der Waals surface area contributed by atoms with Crippen molar-refractivity contribution >= 4 is 0 Å².